The first-order valence-corrected chi connectivity index (χ1v) is 6.18. The molecule has 1 aromatic carbocycles. The number of methoxy groups -OCH3 is 1. The Labute approximate surface area is 113 Å². The number of aliphatic hydroxyl groups excluding tert-OH is 2. The summed E-state index contributed by atoms with van der Waals surface area (Å²) in [6, 6.07) is 7.35. The first-order valence-electron chi connectivity index (χ1n) is 6.18. The van der Waals surface area contributed by atoms with Crippen molar-refractivity contribution in [3.63, 3.8) is 0 Å². The van der Waals surface area contributed by atoms with E-state index in [1.807, 2.05) is 13.0 Å². The van der Waals surface area contributed by atoms with Crippen molar-refractivity contribution < 1.29 is 14.9 Å². The van der Waals surface area contributed by atoms with E-state index in [-0.39, 0.29) is 13.2 Å². The van der Waals surface area contributed by atoms with Crippen molar-refractivity contribution in [3.8, 4) is 11.8 Å². The Hall–Kier alpha value is -1.61. The second kappa shape index (κ2) is 7.10. The van der Waals surface area contributed by atoms with Crippen LogP contribution in [0.5, 0.6) is 5.75 Å². The zero-order valence-corrected chi connectivity index (χ0v) is 11.3. The van der Waals surface area contributed by atoms with E-state index in [1.165, 1.54) is 7.11 Å². The van der Waals surface area contributed by atoms with Crippen LogP contribution in [0.4, 0.5) is 0 Å². The van der Waals surface area contributed by atoms with Crippen molar-refractivity contribution in [1.29, 1.82) is 5.26 Å². The lowest BCUT2D eigenvalue weighted by Gasteiger charge is -2.30. The molecule has 1 rings (SSSR count). The highest BCUT2D eigenvalue weighted by atomic mass is 16.5. The average molecular weight is 264 g/mol. The van der Waals surface area contributed by atoms with Crippen molar-refractivity contribution in [2.24, 2.45) is 0 Å². The Balaban J connectivity index is 2.81. The Morgan fingerprint density at radius 3 is 2.53 bits per heavy atom. The lowest BCUT2D eigenvalue weighted by Crippen LogP contribution is -2.50. The van der Waals surface area contributed by atoms with Gasteiger partial charge in [-0.25, -0.2) is 0 Å². The van der Waals surface area contributed by atoms with Gasteiger partial charge in [0.05, 0.1) is 31.4 Å². The zero-order chi connectivity index (χ0) is 14.3. The Kier molecular flexibility index (Phi) is 5.77. The fraction of sp³-hybridized carbons (Fsp3) is 0.500. The van der Waals surface area contributed by atoms with E-state index in [4.69, 9.17) is 10.00 Å². The second-order valence-electron chi connectivity index (χ2n) is 4.45. The highest BCUT2D eigenvalue weighted by molar-refractivity contribution is 5.45. The predicted octanol–water partition coefficient (Wildman–Crippen LogP) is 0.790. The second-order valence-corrected chi connectivity index (χ2v) is 4.45. The molecule has 104 valence electrons. The van der Waals surface area contributed by atoms with Crippen LogP contribution in [0.25, 0.3) is 0 Å². The topological polar surface area (TPSA) is 85.5 Å². The summed E-state index contributed by atoms with van der Waals surface area (Å²) in [5, 5.41) is 30.7. The number of nitriles is 1. The van der Waals surface area contributed by atoms with Crippen molar-refractivity contribution in [2.45, 2.75) is 25.4 Å². The molecule has 0 aromatic heterocycles. The first kappa shape index (κ1) is 15.4. The Morgan fingerprint density at radius 2 is 2.05 bits per heavy atom. The maximum absolute atomic E-state index is 9.35. The average Bonchev–Trinajstić information content (AvgIpc) is 2.49. The molecule has 5 nitrogen and oxygen atoms in total. The minimum Gasteiger partial charge on any atom is -0.495 e. The summed E-state index contributed by atoms with van der Waals surface area (Å²) < 4.78 is 5.14. The summed E-state index contributed by atoms with van der Waals surface area (Å²) in [6.07, 6.45) is 0.618. The fourth-order valence-electron chi connectivity index (χ4n) is 1.74. The molecule has 5 heteroatoms. The third kappa shape index (κ3) is 3.67. The number of hydrogen-bond acceptors (Lipinski definition) is 5. The van der Waals surface area contributed by atoms with Crippen molar-refractivity contribution in [1.82, 2.24) is 5.32 Å². The van der Waals surface area contributed by atoms with Gasteiger partial charge in [0.1, 0.15) is 11.8 Å². The molecule has 0 spiro atoms. The fourth-order valence-corrected chi connectivity index (χ4v) is 1.74. The highest BCUT2D eigenvalue weighted by Gasteiger charge is 2.25. The lowest BCUT2D eigenvalue weighted by molar-refractivity contribution is 0.0864. The number of aliphatic hydroxyl groups is 2. The van der Waals surface area contributed by atoms with Gasteiger partial charge in [-0.1, -0.05) is 13.0 Å². The highest BCUT2D eigenvalue weighted by Crippen LogP contribution is 2.20. The van der Waals surface area contributed by atoms with Crippen LogP contribution in [-0.2, 0) is 6.54 Å². The van der Waals surface area contributed by atoms with E-state index in [9.17, 15) is 10.2 Å². The number of hydrogen-bond donors (Lipinski definition) is 3. The van der Waals surface area contributed by atoms with Gasteiger partial charge in [0.25, 0.3) is 0 Å². The lowest BCUT2D eigenvalue weighted by atomic mass is 9.98. The van der Waals surface area contributed by atoms with Gasteiger partial charge in [0.2, 0.25) is 0 Å². The van der Waals surface area contributed by atoms with Crippen molar-refractivity contribution >= 4 is 0 Å². The van der Waals surface area contributed by atoms with E-state index >= 15 is 0 Å². The summed E-state index contributed by atoms with van der Waals surface area (Å²) >= 11 is 0. The largest absolute Gasteiger partial charge is 0.495 e. The molecule has 0 unspecified atom stereocenters. The van der Waals surface area contributed by atoms with Crippen LogP contribution in [0.2, 0.25) is 0 Å². The van der Waals surface area contributed by atoms with Gasteiger partial charge in [-0.3, -0.25) is 0 Å². The number of benzene rings is 1. The molecule has 0 aliphatic carbocycles. The molecule has 0 atom stereocenters. The van der Waals surface area contributed by atoms with Crippen LogP contribution in [0.15, 0.2) is 18.2 Å². The van der Waals surface area contributed by atoms with E-state index < -0.39 is 5.54 Å². The molecule has 0 bridgehead atoms. The molecule has 3 N–H and O–H groups in total. The summed E-state index contributed by atoms with van der Waals surface area (Å²) in [6.45, 7) is 2.12. The molecule has 0 heterocycles. The predicted molar refractivity (Wildman–Crippen MR) is 71.7 cm³/mol. The van der Waals surface area contributed by atoms with E-state index in [2.05, 4.69) is 11.4 Å². The molecule has 19 heavy (non-hydrogen) atoms. The van der Waals surface area contributed by atoms with Gasteiger partial charge in [-0.2, -0.15) is 5.26 Å². The van der Waals surface area contributed by atoms with Gasteiger partial charge < -0.3 is 20.3 Å². The molecular weight excluding hydrogens is 244 g/mol. The molecule has 0 fully saturated rings. The summed E-state index contributed by atoms with van der Waals surface area (Å²) in [7, 11) is 1.52. The minimum absolute atomic E-state index is 0.132. The van der Waals surface area contributed by atoms with Gasteiger partial charge in [-0.15, -0.1) is 0 Å². The number of nitrogens with one attached hydrogen (secondary N) is 1. The van der Waals surface area contributed by atoms with Gasteiger partial charge in [0.15, 0.2) is 0 Å². The Morgan fingerprint density at radius 1 is 1.37 bits per heavy atom. The van der Waals surface area contributed by atoms with Crippen LogP contribution < -0.4 is 10.1 Å². The normalized spacial score (nSPS) is 11.1. The summed E-state index contributed by atoms with van der Waals surface area (Å²) in [4.78, 5) is 0. The third-order valence-corrected chi connectivity index (χ3v) is 3.34. The minimum atomic E-state index is -0.679. The number of ether oxygens (including phenoxy) is 1. The van der Waals surface area contributed by atoms with E-state index in [0.717, 1.165) is 5.56 Å². The van der Waals surface area contributed by atoms with Gasteiger partial charge >= 0.3 is 0 Å². The molecule has 0 aliphatic rings. The van der Waals surface area contributed by atoms with E-state index in [1.54, 1.807) is 12.1 Å². The van der Waals surface area contributed by atoms with Crippen LogP contribution >= 0.6 is 0 Å². The molecule has 0 saturated heterocycles. The van der Waals surface area contributed by atoms with Crippen LogP contribution in [-0.4, -0.2) is 36.1 Å². The SMILES string of the molecule is CCC(CO)(CO)NCc1ccc(C#N)c(OC)c1. The van der Waals surface area contributed by atoms with Crippen molar-refractivity contribution in [2.75, 3.05) is 20.3 Å². The molecule has 0 radical (unpaired) electrons. The van der Waals surface area contributed by atoms with E-state index in [0.29, 0.717) is 24.3 Å². The summed E-state index contributed by atoms with van der Waals surface area (Å²) in [5.41, 5.74) is 0.731. The van der Waals surface area contributed by atoms with Gasteiger partial charge in [0, 0.05) is 6.54 Å². The monoisotopic (exact) mass is 264 g/mol. The molecule has 1 aromatic rings. The smallest absolute Gasteiger partial charge is 0.136 e. The number of nitrogens with zero attached hydrogens (tertiary/aromatic N) is 1. The summed E-state index contributed by atoms with van der Waals surface area (Å²) in [5.74, 6) is 0.525. The molecule has 0 amide bonds. The maximum Gasteiger partial charge on any atom is 0.136 e. The maximum atomic E-state index is 9.35. The van der Waals surface area contributed by atoms with Crippen LogP contribution in [0.1, 0.15) is 24.5 Å². The molecule has 0 saturated carbocycles. The third-order valence-electron chi connectivity index (χ3n) is 3.34. The van der Waals surface area contributed by atoms with Crippen LogP contribution in [0.3, 0.4) is 0 Å². The zero-order valence-electron chi connectivity index (χ0n) is 11.3. The quantitative estimate of drug-likeness (QED) is 0.678. The van der Waals surface area contributed by atoms with Crippen molar-refractivity contribution in [3.05, 3.63) is 29.3 Å². The number of rotatable bonds is 7. The molecular formula is C14H20N2O3. The Bertz CT molecular complexity index is 442. The van der Waals surface area contributed by atoms with Crippen LogP contribution in [0, 0.1) is 11.3 Å². The standard InChI is InChI=1S/C14H20N2O3/c1-3-14(9-17,10-18)16-8-11-4-5-12(7-15)13(6-11)19-2/h4-6,16-18H,3,8-10H2,1-2H3. The first-order chi connectivity index (χ1) is 9.14. The molecule has 0 aliphatic heterocycles. The van der Waals surface area contributed by atoms with Gasteiger partial charge in [-0.05, 0) is 24.1 Å².